The lowest BCUT2D eigenvalue weighted by atomic mass is 10.2. The van der Waals surface area contributed by atoms with Gasteiger partial charge in [-0.25, -0.2) is 13.2 Å². The fourth-order valence-corrected chi connectivity index (χ4v) is 0.834. The molecular formula is C8H5F3NO. The molecule has 0 bridgehead atoms. The van der Waals surface area contributed by atoms with E-state index in [-0.39, 0.29) is 12.1 Å². The fourth-order valence-electron chi connectivity index (χ4n) is 0.834. The topological polar surface area (TPSA) is 29.1 Å². The number of nitrogens with one attached hydrogen (secondary N) is 1. The van der Waals surface area contributed by atoms with Crippen molar-refractivity contribution in [3.63, 3.8) is 0 Å². The maximum absolute atomic E-state index is 12.8. The Morgan fingerprint density at radius 2 is 1.92 bits per heavy atom. The Bertz CT molecular complexity index is 327. The van der Waals surface area contributed by atoms with Crippen LogP contribution in [-0.2, 0) is 11.3 Å². The summed E-state index contributed by atoms with van der Waals surface area (Å²) in [6.07, 6.45) is 1.29. The number of hydrogen-bond donors (Lipinski definition) is 1. The lowest BCUT2D eigenvalue weighted by Gasteiger charge is -2.02. The van der Waals surface area contributed by atoms with Crippen LogP contribution < -0.4 is 5.32 Å². The van der Waals surface area contributed by atoms with Crippen LogP contribution in [0.5, 0.6) is 0 Å². The van der Waals surface area contributed by atoms with E-state index in [1.54, 1.807) is 0 Å². The first kappa shape index (κ1) is 9.57. The van der Waals surface area contributed by atoms with Crippen molar-refractivity contribution in [2.24, 2.45) is 0 Å². The molecule has 1 rings (SSSR count). The minimum absolute atomic E-state index is 0.123. The summed E-state index contributed by atoms with van der Waals surface area (Å²) in [5.74, 6) is -4.08. The molecule has 5 heteroatoms. The molecule has 0 atom stereocenters. The van der Waals surface area contributed by atoms with Gasteiger partial charge in [-0.15, -0.1) is 0 Å². The van der Waals surface area contributed by atoms with Gasteiger partial charge in [-0.1, -0.05) is 6.07 Å². The predicted molar refractivity (Wildman–Crippen MR) is 38.8 cm³/mol. The van der Waals surface area contributed by atoms with Crippen molar-refractivity contribution in [3.8, 4) is 0 Å². The quantitative estimate of drug-likeness (QED) is 0.561. The maximum Gasteiger partial charge on any atom is 0.309 e. The summed E-state index contributed by atoms with van der Waals surface area (Å²) in [6, 6.07) is 1.85. The molecule has 0 unspecified atom stereocenters. The van der Waals surface area contributed by atoms with Gasteiger partial charge in [-0.05, 0) is 6.07 Å². The average molecular weight is 188 g/mol. The smallest absolute Gasteiger partial charge is 0.309 e. The molecule has 1 amide bonds. The Kier molecular flexibility index (Phi) is 2.89. The maximum atomic E-state index is 12.8. The van der Waals surface area contributed by atoms with E-state index >= 15 is 0 Å². The summed E-state index contributed by atoms with van der Waals surface area (Å²) in [5, 5.41) is 2.02. The van der Waals surface area contributed by atoms with Crippen molar-refractivity contribution in [1.29, 1.82) is 0 Å². The Morgan fingerprint density at radius 1 is 1.23 bits per heavy atom. The van der Waals surface area contributed by atoms with E-state index in [0.717, 1.165) is 12.1 Å². The van der Waals surface area contributed by atoms with Crippen LogP contribution in [0.15, 0.2) is 12.1 Å². The highest BCUT2D eigenvalue weighted by atomic mass is 19.2. The summed E-state index contributed by atoms with van der Waals surface area (Å²) in [5.41, 5.74) is -0.123. The van der Waals surface area contributed by atoms with E-state index in [9.17, 15) is 18.0 Å². The van der Waals surface area contributed by atoms with Crippen molar-refractivity contribution in [2.45, 2.75) is 6.54 Å². The molecule has 69 valence electrons. The average Bonchev–Trinajstić information content (AvgIpc) is 2.13. The molecule has 2 nitrogen and oxygen atoms in total. The van der Waals surface area contributed by atoms with Crippen LogP contribution in [0.25, 0.3) is 0 Å². The first-order valence-corrected chi connectivity index (χ1v) is 3.39. The van der Waals surface area contributed by atoms with Gasteiger partial charge in [-0.2, -0.15) is 0 Å². The third-order valence-electron chi connectivity index (χ3n) is 1.47. The number of amides is 1. The van der Waals surface area contributed by atoms with Gasteiger partial charge in [-0.3, -0.25) is 4.79 Å². The Balaban J connectivity index is 2.96. The van der Waals surface area contributed by atoms with E-state index in [1.165, 1.54) is 6.41 Å². The van der Waals surface area contributed by atoms with E-state index in [0.29, 0.717) is 0 Å². The van der Waals surface area contributed by atoms with E-state index < -0.39 is 17.5 Å². The first-order chi connectivity index (χ1) is 6.16. The van der Waals surface area contributed by atoms with Crippen molar-refractivity contribution in [3.05, 3.63) is 35.1 Å². The molecule has 1 aromatic rings. The SMILES string of the molecule is O=[C]NCc1ccc(F)c(F)c1F. The molecule has 0 aliphatic heterocycles. The minimum atomic E-state index is -1.54. The number of halogens is 3. The molecule has 1 aromatic carbocycles. The molecule has 1 N–H and O–H groups in total. The van der Waals surface area contributed by atoms with Crippen molar-refractivity contribution < 1.29 is 18.0 Å². The van der Waals surface area contributed by atoms with Crippen LogP contribution in [0, 0.1) is 17.5 Å². The van der Waals surface area contributed by atoms with Crippen LogP contribution in [0.2, 0.25) is 0 Å². The largest absolute Gasteiger partial charge is 0.344 e. The molecule has 0 fully saturated rings. The van der Waals surface area contributed by atoms with Crippen LogP contribution in [0.1, 0.15) is 5.56 Å². The standard InChI is InChI=1S/C8H5F3NO/c9-6-2-1-5(3-12-4-13)7(10)8(6)11/h1-2H,3H2,(H,12,13). The van der Waals surface area contributed by atoms with Gasteiger partial charge in [0, 0.05) is 12.1 Å². The molecule has 1 radical (unpaired) electrons. The highest BCUT2D eigenvalue weighted by molar-refractivity contribution is 5.47. The van der Waals surface area contributed by atoms with Gasteiger partial charge in [0.15, 0.2) is 17.5 Å². The summed E-state index contributed by atoms with van der Waals surface area (Å²) in [6.45, 7) is -0.216. The highest BCUT2D eigenvalue weighted by Gasteiger charge is 2.12. The normalized spacial score (nSPS) is 9.77. The third-order valence-corrected chi connectivity index (χ3v) is 1.47. The van der Waals surface area contributed by atoms with Gasteiger partial charge in [0.2, 0.25) is 0 Å². The molecule has 0 spiro atoms. The van der Waals surface area contributed by atoms with Crippen molar-refractivity contribution >= 4 is 6.41 Å². The molecule has 0 aromatic heterocycles. The first-order valence-electron chi connectivity index (χ1n) is 3.39. The van der Waals surface area contributed by atoms with Gasteiger partial charge >= 0.3 is 6.41 Å². The lowest BCUT2D eigenvalue weighted by Crippen LogP contribution is -2.12. The van der Waals surface area contributed by atoms with Gasteiger partial charge in [0.1, 0.15) is 0 Å². The van der Waals surface area contributed by atoms with Gasteiger partial charge < -0.3 is 5.32 Å². The molecule has 13 heavy (non-hydrogen) atoms. The zero-order valence-corrected chi connectivity index (χ0v) is 6.40. The summed E-state index contributed by atoms with van der Waals surface area (Å²) in [4.78, 5) is 9.71. The van der Waals surface area contributed by atoms with E-state index in [2.05, 4.69) is 0 Å². The Labute approximate surface area is 72.4 Å². The summed E-state index contributed by atoms with van der Waals surface area (Å²) < 4.78 is 37.7. The summed E-state index contributed by atoms with van der Waals surface area (Å²) in [7, 11) is 0. The minimum Gasteiger partial charge on any atom is -0.344 e. The molecule has 0 aliphatic carbocycles. The number of hydrogen-bond acceptors (Lipinski definition) is 1. The number of rotatable bonds is 3. The van der Waals surface area contributed by atoms with Crippen LogP contribution in [0.3, 0.4) is 0 Å². The second-order valence-corrected chi connectivity index (χ2v) is 2.29. The molecule has 0 aliphatic rings. The van der Waals surface area contributed by atoms with Crippen LogP contribution in [-0.4, -0.2) is 6.41 Å². The molecular weight excluding hydrogens is 183 g/mol. The van der Waals surface area contributed by atoms with Crippen LogP contribution >= 0.6 is 0 Å². The second-order valence-electron chi connectivity index (χ2n) is 2.29. The molecule has 0 saturated carbocycles. The van der Waals surface area contributed by atoms with Crippen molar-refractivity contribution in [1.82, 2.24) is 5.32 Å². The lowest BCUT2D eigenvalue weighted by molar-refractivity contribution is 0.439. The molecule has 0 saturated heterocycles. The zero-order chi connectivity index (χ0) is 9.84. The third kappa shape index (κ3) is 1.99. The highest BCUT2D eigenvalue weighted by Crippen LogP contribution is 2.14. The van der Waals surface area contributed by atoms with Gasteiger partial charge in [0.05, 0.1) is 0 Å². The van der Waals surface area contributed by atoms with Crippen LogP contribution in [0.4, 0.5) is 13.2 Å². The van der Waals surface area contributed by atoms with Gasteiger partial charge in [0.25, 0.3) is 0 Å². The Hall–Kier alpha value is -1.52. The molecule has 0 heterocycles. The monoisotopic (exact) mass is 188 g/mol. The number of benzene rings is 1. The summed E-state index contributed by atoms with van der Waals surface area (Å²) >= 11 is 0. The predicted octanol–water partition coefficient (Wildman–Crippen LogP) is 1.26. The van der Waals surface area contributed by atoms with E-state index in [4.69, 9.17) is 0 Å². The second kappa shape index (κ2) is 3.93. The number of carbonyl (C=O) groups excluding carboxylic acids is 1. The fraction of sp³-hybridized carbons (Fsp3) is 0.125. The van der Waals surface area contributed by atoms with E-state index in [1.807, 2.05) is 5.32 Å². The van der Waals surface area contributed by atoms with Crippen molar-refractivity contribution in [2.75, 3.05) is 0 Å². The zero-order valence-electron chi connectivity index (χ0n) is 6.40. The Morgan fingerprint density at radius 3 is 2.54 bits per heavy atom.